The van der Waals surface area contributed by atoms with Crippen LogP contribution in [-0.4, -0.2) is 30.9 Å². The molecule has 0 aliphatic carbocycles. The largest absolute Gasteiger partial charge is 0.467 e. The van der Waals surface area contributed by atoms with Gasteiger partial charge in [0.25, 0.3) is 0 Å². The van der Waals surface area contributed by atoms with Crippen molar-refractivity contribution in [3.8, 4) is 0 Å². The van der Waals surface area contributed by atoms with Gasteiger partial charge in [0.05, 0.1) is 19.0 Å². The number of rotatable bonds is 9. The first-order valence-electron chi connectivity index (χ1n) is 5.42. The van der Waals surface area contributed by atoms with E-state index in [0.29, 0.717) is 19.8 Å². The number of furan rings is 1. The van der Waals surface area contributed by atoms with E-state index in [1.807, 2.05) is 18.2 Å². The molecule has 4 nitrogen and oxygen atoms in total. The lowest BCUT2D eigenvalue weighted by molar-refractivity contribution is 0.0228. The lowest BCUT2D eigenvalue weighted by Crippen LogP contribution is -2.30. The molecule has 0 aliphatic rings. The molecular formula is C12H19NO3. The number of hydrogen-bond donors (Lipinski definition) is 2. The molecule has 0 spiro atoms. The average Bonchev–Trinajstić information content (AvgIpc) is 2.77. The van der Waals surface area contributed by atoms with Crippen LogP contribution >= 0.6 is 0 Å². The van der Waals surface area contributed by atoms with Crippen molar-refractivity contribution in [2.45, 2.75) is 19.1 Å². The van der Waals surface area contributed by atoms with Gasteiger partial charge >= 0.3 is 0 Å². The van der Waals surface area contributed by atoms with E-state index in [1.54, 1.807) is 6.26 Å². The summed E-state index contributed by atoms with van der Waals surface area (Å²) >= 11 is 0. The normalized spacial score (nSPS) is 12.6. The second-order valence-electron chi connectivity index (χ2n) is 3.53. The Morgan fingerprint density at radius 2 is 2.50 bits per heavy atom. The summed E-state index contributed by atoms with van der Waals surface area (Å²) in [6, 6.07) is 3.65. The van der Waals surface area contributed by atoms with Crippen LogP contribution in [0.4, 0.5) is 0 Å². The summed E-state index contributed by atoms with van der Waals surface area (Å²) in [5, 5.41) is 12.6. The van der Waals surface area contributed by atoms with Gasteiger partial charge in [0.15, 0.2) is 0 Å². The van der Waals surface area contributed by atoms with Crippen LogP contribution in [0.3, 0.4) is 0 Å². The van der Waals surface area contributed by atoms with Crippen LogP contribution in [0.2, 0.25) is 0 Å². The summed E-state index contributed by atoms with van der Waals surface area (Å²) in [5.41, 5.74) is 0. The molecule has 1 unspecified atom stereocenters. The lowest BCUT2D eigenvalue weighted by atomic mass is 10.3. The summed E-state index contributed by atoms with van der Waals surface area (Å²) in [6.07, 6.45) is 3.86. The van der Waals surface area contributed by atoms with E-state index in [0.717, 1.165) is 18.7 Å². The van der Waals surface area contributed by atoms with E-state index in [1.165, 1.54) is 0 Å². The highest BCUT2D eigenvalue weighted by atomic mass is 16.5. The first kappa shape index (κ1) is 13.0. The number of nitrogens with one attached hydrogen (secondary N) is 1. The van der Waals surface area contributed by atoms with Crippen molar-refractivity contribution in [3.63, 3.8) is 0 Å². The maximum Gasteiger partial charge on any atom is 0.129 e. The lowest BCUT2D eigenvalue weighted by Gasteiger charge is -2.11. The van der Waals surface area contributed by atoms with E-state index in [9.17, 15) is 5.11 Å². The highest BCUT2D eigenvalue weighted by molar-refractivity contribution is 4.96. The van der Waals surface area contributed by atoms with Crippen LogP contribution in [0.5, 0.6) is 0 Å². The Morgan fingerprint density at radius 3 is 3.19 bits per heavy atom. The third kappa shape index (κ3) is 5.70. The minimum Gasteiger partial charge on any atom is -0.467 e. The van der Waals surface area contributed by atoms with Crippen LogP contribution in [0.1, 0.15) is 12.2 Å². The number of aliphatic hydroxyl groups is 1. The minimum atomic E-state index is -0.486. The van der Waals surface area contributed by atoms with Gasteiger partial charge in [-0.1, -0.05) is 6.08 Å². The third-order valence-electron chi connectivity index (χ3n) is 2.04. The van der Waals surface area contributed by atoms with Gasteiger partial charge in [-0.05, 0) is 25.1 Å². The van der Waals surface area contributed by atoms with E-state index >= 15 is 0 Å². The zero-order valence-electron chi connectivity index (χ0n) is 9.39. The van der Waals surface area contributed by atoms with Gasteiger partial charge in [-0.15, -0.1) is 6.58 Å². The van der Waals surface area contributed by atoms with E-state index in [2.05, 4.69) is 11.9 Å². The zero-order chi connectivity index (χ0) is 11.6. The summed E-state index contributed by atoms with van der Waals surface area (Å²) in [5.74, 6) is 0.770. The van der Waals surface area contributed by atoms with E-state index in [4.69, 9.17) is 9.15 Å². The number of aliphatic hydroxyl groups excluding tert-OH is 1. The molecule has 16 heavy (non-hydrogen) atoms. The Balaban J connectivity index is 1.97. The predicted molar refractivity (Wildman–Crippen MR) is 62.1 cm³/mol. The van der Waals surface area contributed by atoms with Crippen molar-refractivity contribution in [3.05, 3.63) is 36.8 Å². The molecule has 1 rings (SSSR count). The molecule has 1 heterocycles. The molecule has 0 amide bonds. The van der Waals surface area contributed by atoms with Gasteiger partial charge < -0.3 is 19.6 Å². The Hall–Kier alpha value is -1.10. The maximum absolute atomic E-state index is 9.53. The van der Waals surface area contributed by atoms with Gasteiger partial charge in [-0.25, -0.2) is 0 Å². The smallest absolute Gasteiger partial charge is 0.129 e. The summed E-state index contributed by atoms with van der Waals surface area (Å²) < 4.78 is 10.4. The SMILES string of the molecule is C=CCCNCC(O)COCc1ccco1. The molecule has 0 aromatic carbocycles. The van der Waals surface area contributed by atoms with Crippen LogP contribution in [0.25, 0.3) is 0 Å². The Kier molecular flexibility index (Phi) is 6.56. The molecule has 0 bridgehead atoms. The second kappa shape index (κ2) is 8.10. The molecule has 1 atom stereocenters. The molecule has 90 valence electrons. The number of hydrogen-bond acceptors (Lipinski definition) is 4. The molecule has 1 aromatic rings. The van der Waals surface area contributed by atoms with Gasteiger partial charge in [-0.3, -0.25) is 0 Å². The van der Waals surface area contributed by atoms with E-state index in [-0.39, 0.29) is 0 Å². The van der Waals surface area contributed by atoms with Gasteiger partial charge in [-0.2, -0.15) is 0 Å². The maximum atomic E-state index is 9.53. The standard InChI is InChI=1S/C12H19NO3/c1-2-3-6-13-8-11(14)9-15-10-12-5-4-7-16-12/h2,4-5,7,11,13-14H,1,3,6,8-10H2. The van der Waals surface area contributed by atoms with Crippen molar-refractivity contribution in [1.82, 2.24) is 5.32 Å². The fourth-order valence-electron chi connectivity index (χ4n) is 1.22. The minimum absolute atomic E-state index is 0.307. The third-order valence-corrected chi connectivity index (χ3v) is 2.04. The highest BCUT2D eigenvalue weighted by Crippen LogP contribution is 2.01. The van der Waals surface area contributed by atoms with Crippen molar-refractivity contribution in [1.29, 1.82) is 0 Å². The first-order valence-corrected chi connectivity index (χ1v) is 5.42. The summed E-state index contributed by atoms with van der Waals surface area (Å²) in [4.78, 5) is 0. The molecule has 0 aliphatic heterocycles. The number of ether oxygens (including phenoxy) is 1. The van der Waals surface area contributed by atoms with Crippen molar-refractivity contribution in [2.75, 3.05) is 19.7 Å². The van der Waals surface area contributed by atoms with Crippen molar-refractivity contribution >= 4 is 0 Å². The molecule has 2 N–H and O–H groups in total. The fourth-order valence-corrected chi connectivity index (χ4v) is 1.22. The molecule has 0 radical (unpaired) electrons. The molecule has 1 aromatic heterocycles. The zero-order valence-corrected chi connectivity index (χ0v) is 9.39. The molecule has 0 saturated carbocycles. The molecule has 4 heteroatoms. The second-order valence-corrected chi connectivity index (χ2v) is 3.53. The van der Waals surface area contributed by atoms with E-state index < -0.39 is 6.10 Å². The Morgan fingerprint density at radius 1 is 1.62 bits per heavy atom. The molecule has 0 saturated heterocycles. The highest BCUT2D eigenvalue weighted by Gasteiger charge is 2.04. The van der Waals surface area contributed by atoms with Gasteiger partial charge in [0, 0.05) is 6.54 Å². The summed E-state index contributed by atoms with van der Waals surface area (Å²) in [6.45, 7) is 5.69. The Labute approximate surface area is 95.9 Å². The van der Waals surface area contributed by atoms with Gasteiger partial charge in [0.2, 0.25) is 0 Å². The van der Waals surface area contributed by atoms with Crippen molar-refractivity contribution in [2.24, 2.45) is 0 Å². The predicted octanol–water partition coefficient (Wildman–Crippen LogP) is 1.32. The topological polar surface area (TPSA) is 54.6 Å². The molecular weight excluding hydrogens is 206 g/mol. The van der Waals surface area contributed by atoms with Crippen LogP contribution < -0.4 is 5.32 Å². The van der Waals surface area contributed by atoms with Crippen LogP contribution in [0.15, 0.2) is 35.5 Å². The van der Waals surface area contributed by atoms with Crippen molar-refractivity contribution < 1.29 is 14.3 Å². The Bertz CT molecular complexity index is 272. The first-order chi connectivity index (χ1) is 7.83. The monoisotopic (exact) mass is 225 g/mol. The quantitative estimate of drug-likeness (QED) is 0.491. The van der Waals surface area contributed by atoms with Crippen LogP contribution in [-0.2, 0) is 11.3 Å². The van der Waals surface area contributed by atoms with Gasteiger partial charge in [0.1, 0.15) is 12.4 Å². The average molecular weight is 225 g/mol. The summed E-state index contributed by atoms with van der Waals surface area (Å²) in [7, 11) is 0. The molecule has 0 fully saturated rings. The van der Waals surface area contributed by atoms with Crippen LogP contribution in [0, 0.1) is 0 Å². The fraction of sp³-hybridized carbons (Fsp3) is 0.500.